The van der Waals surface area contributed by atoms with Gasteiger partial charge in [-0.1, -0.05) is 39.5 Å². The van der Waals surface area contributed by atoms with Crippen molar-refractivity contribution >= 4 is 0 Å². The topological polar surface area (TPSA) is 29.3 Å². The van der Waals surface area contributed by atoms with Crippen LogP contribution in [0.15, 0.2) is 0 Å². The van der Waals surface area contributed by atoms with Crippen molar-refractivity contribution in [3.05, 3.63) is 0 Å². The third kappa shape index (κ3) is 3.03. The van der Waals surface area contributed by atoms with E-state index >= 15 is 0 Å². The molecule has 2 saturated carbocycles. The van der Waals surface area contributed by atoms with E-state index in [1.54, 1.807) is 0 Å². The molecule has 0 bridgehead atoms. The lowest BCUT2D eigenvalue weighted by Gasteiger charge is -2.46. The lowest BCUT2D eigenvalue weighted by Crippen LogP contribution is -2.56. The zero-order valence-corrected chi connectivity index (χ0v) is 14.3. The Morgan fingerprint density at radius 3 is 2.57 bits per heavy atom. The minimum atomic E-state index is 0.348. The fourth-order valence-corrected chi connectivity index (χ4v) is 5.69. The van der Waals surface area contributed by atoms with Crippen LogP contribution in [0.3, 0.4) is 0 Å². The summed E-state index contributed by atoms with van der Waals surface area (Å²) in [6, 6.07) is 0.873. The van der Waals surface area contributed by atoms with Crippen molar-refractivity contribution in [2.45, 2.75) is 89.6 Å². The molecule has 2 N–H and O–H groups in total. The molecule has 0 amide bonds. The minimum Gasteiger partial charge on any atom is -0.329 e. The molecular weight excluding hydrogens is 256 g/mol. The number of likely N-dealkylation sites (tertiary alicyclic amines) is 1. The van der Waals surface area contributed by atoms with Crippen molar-refractivity contribution < 1.29 is 0 Å². The first-order valence-corrected chi connectivity index (χ1v) is 9.63. The highest BCUT2D eigenvalue weighted by Gasteiger charge is 2.46. The molecule has 4 atom stereocenters. The second-order valence-electron chi connectivity index (χ2n) is 8.46. The van der Waals surface area contributed by atoms with Crippen molar-refractivity contribution in [3.63, 3.8) is 0 Å². The molecule has 1 saturated heterocycles. The third-order valence-electron chi connectivity index (χ3n) is 7.14. The molecule has 1 heterocycles. The Kier molecular flexibility index (Phi) is 4.95. The molecule has 1 aliphatic heterocycles. The molecule has 0 aromatic heterocycles. The quantitative estimate of drug-likeness (QED) is 0.791. The first kappa shape index (κ1) is 15.8. The standard InChI is InChI=1S/C19H36N2/c1-15(2)16-7-5-11-19(14-20,12-9-16)21-13-10-17-6-3-4-8-18(17)21/h15-18H,3-14,20H2,1-2H3. The molecule has 122 valence electrons. The number of hydrogen-bond acceptors (Lipinski definition) is 2. The van der Waals surface area contributed by atoms with E-state index in [1.165, 1.54) is 70.8 Å². The van der Waals surface area contributed by atoms with Crippen LogP contribution >= 0.6 is 0 Å². The molecule has 0 aromatic carbocycles. The normalized spacial score (nSPS) is 42.0. The number of hydrogen-bond donors (Lipinski definition) is 1. The summed E-state index contributed by atoms with van der Waals surface area (Å²) in [6.07, 6.45) is 14.2. The van der Waals surface area contributed by atoms with Gasteiger partial charge in [-0.3, -0.25) is 4.90 Å². The maximum absolute atomic E-state index is 6.39. The Morgan fingerprint density at radius 2 is 1.81 bits per heavy atom. The molecule has 3 fully saturated rings. The predicted molar refractivity (Wildman–Crippen MR) is 90.3 cm³/mol. The van der Waals surface area contributed by atoms with E-state index in [-0.39, 0.29) is 0 Å². The SMILES string of the molecule is CC(C)C1CCCC(CN)(N2CCC3CCCCC32)CC1. The van der Waals surface area contributed by atoms with Crippen LogP contribution in [-0.2, 0) is 0 Å². The van der Waals surface area contributed by atoms with E-state index in [2.05, 4.69) is 18.7 Å². The van der Waals surface area contributed by atoms with Crippen molar-refractivity contribution in [1.29, 1.82) is 0 Å². The summed E-state index contributed by atoms with van der Waals surface area (Å²) in [5.41, 5.74) is 6.74. The van der Waals surface area contributed by atoms with Crippen LogP contribution in [0.1, 0.15) is 78.1 Å². The Labute approximate surface area is 131 Å². The zero-order chi connectivity index (χ0) is 14.9. The fourth-order valence-electron chi connectivity index (χ4n) is 5.69. The number of nitrogens with two attached hydrogens (primary N) is 1. The van der Waals surface area contributed by atoms with Crippen LogP contribution in [-0.4, -0.2) is 29.6 Å². The van der Waals surface area contributed by atoms with E-state index < -0.39 is 0 Å². The van der Waals surface area contributed by atoms with Gasteiger partial charge in [0.2, 0.25) is 0 Å². The first-order chi connectivity index (χ1) is 10.2. The average molecular weight is 293 g/mol. The zero-order valence-electron chi connectivity index (χ0n) is 14.3. The van der Waals surface area contributed by atoms with Gasteiger partial charge < -0.3 is 5.73 Å². The highest BCUT2D eigenvalue weighted by Crippen LogP contribution is 2.45. The molecule has 0 aromatic rings. The van der Waals surface area contributed by atoms with Gasteiger partial charge in [-0.15, -0.1) is 0 Å². The lowest BCUT2D eigenvalue weighted by atomic mass is 9.81. The molecule has 2 heteroatoms. The smallest absolute Gasteiger partial charge is 0.0334 e. The number of nitrogens with zero attached hydrogens (tertiary/aromatic N) is 1. The van der Waals surface area contributed by atoms with Crippen molar-refractivity contribution in [2.75, 3.05) is 13.1 Å². The van der Waals surface area contributed by atoms with Crippen LogP contribution in [0.5, 0.6) is 0 Å². The summed E-state index contributed by atoms with van der Waals surface area (Å²) in [5.74, 6) is 2.77. The van der Waals surface area contributed by atoms with Crippen LogP contribution in [0, 0.1) is 17.8 Å². The molecule has 2 nitrogen and oxygen atoms in total. The molecule has 0 spiro atoms. The van der Waals surface area contributed by atoms with E-state index in [0.29, 0.717) is 5.54 Å². The van der Waals surface area contributed by atoms with Crippen LogP contribution in [0.25, 0.3) is 0 Å². The van der Waals surface area contributed by atoms with Gasteiger partial charge in [0.1, 0.15) is 0 Å². The van der Waals surface area contributed by atoms with Gasteiger partial charge >= 0.3 is 0 Å². The molecule has 4 unspecified atom stereocenters. The van der Waals surface area contributed by atoms with Crippen LogP contribution < -0.4 is 5.73 Å². The summed E-state index contributed by atoms with van der Waals surface area (Å²) in [7, 11) is 0. The summed E-state index contributed by atoms with van der Waals surface area (Å²) >= 11 is 0. The highest BCUT2D eigenvalue weighted by atomic mass is 15.3. The van der Waals surface area contributed by atoms with Gasteiger partial charge in [-0.05, 0) is 62.8 Å². The summed E-state index contributed by atoms with van der Waals surface area (Å²) < 4.78 is 0. The molecule has 0 radical (unpaired) electrons. The average Bonchev–Trinajstić information content (AvgIpc) is 2.80. The third-order valence-corrected chi connectivity index (χ3v) is 7.14. The molecule has 3 rings (SSSR count). The van der Waals surface area contributed by atoms with Crippen molar-refractivity contribution in [1.82, 2.24) is 4.90 Å². The van der Waals surface area contributed by atoms with E-state index in [9.17, 15) is 0 Å². The Balaban J connectivity index is 1.74. The van der Waals surface area contributed by atoms with Gasteiger partial charge in [0, 0.05) is 18.1 Å². The van der Waals surface area contributed by atoms with Gasteiger partial charge in [-0.2, -0.15) is 0 Å². The largest absolute Gasteiger partial charge is 0.329 e. The Hall–Kier alpha value is -0.0800. The van der Waals surface area contributed by atoms with E-state index in [4.69, 9.17) is 5.73 Å². The predicted octanol–water partition coefficient (Wildman–Crippen LogP) is 4.18. The fraction of sp³-hybridized carbons (Fsp3) is 1.00. The Bertz CT molecular complexity index is 340. The second kappa shape index (κ2) is 6.58. The van der Waals surface area contributed by atoms with Gasteiger partial charge in [-0.25, -0.2) is 0 Å². The van der Waals surface area contributed by atoms with E-state index in [1.807, 2.05) is 0 Å². The van der Waals surface area contributed by atoms with Gasteiger partial charge in [0.15, 0.2) is 0 Å². The summed E-state index contributed by atoms with van der Waals surface area (Å²) in [4.78, 5) is 2.92. The minimum absolute atomic E-state index is 0.348. The van der Waals surface area contributed by atoms with Gasteiger partial charge in [0.05, 0.1) is 0 Å². The maximum atomic E-state index is 6.39. The van der Waals surface area contributed by atoms with Crippen LogP contribution in [0.4, 0.5) is 0 Å². The van der Waals surface area contributed by atoms with Gasteiger partial charge in [0.25, 0.3) is 0 Å². The maximum Gasteiger partial charge on any atom is 0.0334 e. The number of fused-ring (bicyclic) bond motifs is 1. The van der Waals surface area contributed by atoms with Crippen LogP contribution in [0.2, 0.25) is 0 Å². The van der Waals surface area contributed by atoms with Crippen molar-refractivity contribution in [2.24, 2.45) is 23.5 Å². The summed E-state index contributed by atoms with van der Waals surface area (Å²) in [5, 5.41) is 0. The Morgan fingerprint density at radius 1 is 1.00 bits per heavy atom. The molecule has 2 aliphatic carbocycles. The first-order valence-electron chi connectivity index (χ1n) is 9.63. The van der Waals surface area contributed by atoms with E-state index in [0.717, 1.165) is 30.3 Å². The monoisotopic (exact) mass is 292 g/mol. The summed E-state index contributed by atoms with van der Waals surface area (Å²) in [6.45, 7) is 7.04. The lowest BCUT2D eigenvalue weighted by molar-refractivity contribution is 0.0411. The highest BCUT2D eigenvalue weighted by molar-refractivity contribution is 5.02. The molecular formula is C19H36N2. The molecule has 3 aliphatic rings. The molecule has 21 heavy (non-hydrogen) atoms. The second-order valence-corrected chi connectivity index (χ2v) is 8.46. The van der Waals surface area contributed by atoms with Crippen molar-refractivity contribution in [3.8, 4) is 0 Å². The number of rotatable bonds is 3.